The second-order valence-electron chi connectivity index (χ2n) is 5.42. The summed E-state index contributed by atoms with van der Waals surface area (Å²) in [6.45, 7) is 1.02. The van der Waals surface area contributed by atoms with Crippen LogP contribution in [0.1, 0.15) is 11.5 Å². The van der Waals surface area contributed by atoms with Crippen molar-refractivity contribution < 1.29 is 13.9 Å². The summed E-state index contributed by atoms with van der Waals surface area (Å²) in [5.41, 5.74) is 2.53. The number of hydrogen-bond acceptors (Lipinski definition) is 4. The fraction of sp³-hybridized carbons (Fsp3) is 0.222. The highest BCUT2D eigenvalue weighted by Crippen LogP contribution is 2.31. The molecule has 24 heavy (non-hydrogen) atoms. The molecule has 2 aromatic carbocycles. The van der Waals surface area contributed by atoms with Crippen LogP contribution in [0, 0.1) is 5.82 Å². The van der Waals surface area contributed by atoms with Gasteiger partial charge < -0.3 is 15.4 Å². The second kappa shape index (κ2) is 7.23. The number of benzene rings is 2. The normalized spacial score (nSPS) is 16.2. The number of para-hydroxylation sites is 1. The summed E-state index contributed by atoms with van der Waals surface area (Å²) in [7, 11) is 1.59. The van der Waals surface area contributed by atoms with E-state index in [4.69, 9.17) is 4.74 Å². The molecule has 1 aliphatic rings. The van der Waals surface area contributed by atoms with E-state index in [2.05, 4.69) is 15.6 Å². The van der Waals surface area contributed by atoms with Gasteiger partial charge in [0.1, 0.15) is 11.7 Å². The fourth-order valence-electron chi connectivity index (χ4n) is 2.56. The molecule has 0 saturated carbocycles. The average Bonchev–Trinajstić information content (AvgIpc) is 2.90. The van der Waals surface area contributed by atoms with Gasteiger partial charge in [-0.15, -0.1) is 0 Å². The molecule has 0 aromatic heterocycles. The predicted molar refractivity (Wildman–Crippen MR) is 92.7 cm³/mol. The molecule has 0 aliphatic carbocycles. The Labute approximate surface area is 139 Å². The molecule has 0 bridgehead atoms. The lowest BCUT2D eigenvalue weighted by Crippen LogP contribution is -2.12. The lowest BCUT2D eigenvalue weighted by Gasteiger charge is -2.07. The number of nitrogens with one attached hydrogen (secondary N) is 2. The van der Waals surface area contributed by atoms with Crippen LogP contribution in [0.5, 0.6) is 0 Å². The molecule has 1 aliphatic heterocycles. The molecular weight excluding hydrogens is 309 g/mol. The zero-order valence-corrected chi connectivity index (χ0v) is 13.3. The van der Waals surface area contributed by atoms with Gasteiger partial charge in [0.2, 0.25) is 5.91 Å². The van der Waals surface area contributed by atoms with Crippen molar-refractivity contribution >= 4 is 29.2 Å². The summed E-state index contributed by atoms with van der Waals surface area (Å²) in [4.78, 5) is 16.3. The zero-order chi connectivity index (χ0) is 16.9. The highest BCUT2D eigenvalue weighted by atomic mass is 19.1. The van der Waals surface area contributed by atoms with Crippen LogP contribution in [0.3, 0.4) is 0 Å². The minimum Gasteiger partial charge on any atom is -0.383 e. The van der Waals surface area contributed by atoms with Gasteiger partial charge >= 0.3 is 0 Å². The predicted octanol–water partition coefficient (Wildman–Crippen LogP) is 3.32. The van der Waals surface area contributed by atoms with E-state index in [1.54, 1.807) is 25.5 Å². The molecule has 2 N–H and O–H groups in total. The van der Waals surface area contributed by atoms with Gasteiger partial charge in [-0.1, -0.05) is 18.2 Å². The van der Waals surface area contributed by atoms with E-state index in [9.17, 15) is 9.18 Å². The van der Waals surface area contributed by atoms with Crippen LogP contribution in [0.2, 0.25) is 0 Å². The summed E-state index contributed by atoms with van der Waals surface area (Å²) >= 11 is 0. The van der Waals surface area contributed by atoms with Gasteiger partial charge in [-0.25, -0.2) is 4.39 Å². The summed E-state index contributed by atoms with van der Waals surface area (Å²) in [6, 6.07) is 12.1. The molecule has 124 valence electrons. The number of carbonyl (C=O) groups is 1. The summed E-state index contributed by atoms with van der Waals surface area (Å²) in [5, 5.41) is 5.75. The Morgan fingerprint density at radius 1 is 1.33 bits per heavy atom. The van der Waals surface area contributed by atoms with Crippen molar-refractivity contribution in [2.75, 3.05) is 30.9 Å². The molecule has 0 fully saturated rings. The number of rotatable bonds is 6. The molecule has 0 saturated heterocycles. The number of amides is 1. The summed E-state index contributed by atoms with van der Waals surface area (Å²) < 4.78 is 19.0. The van der Waals surface area contributed by atoms with Crippen molar-refractivity contribution in [3.63, 3.8) is 0 Å². The largest absolute Gasteiger partial charge is 0.383 e. The van der Waals surface area contributed by atoms with Crippen LogP contribution >= 0.6 is 0 Å². The molecule has 6 heteroatoms. The van der Waals surface area contributed by atoms with Crippen LogP contribution in [0.15, 0.2) is 47.5 Å². The molecule has 1 amide bonds. The van der Waals surface area contributed by atoms with Gasteiger partial charge in [0.25, 0.3) is 0 Å². The Bertz CT molecular complexity index is 777. The first-order valence-electron chi connectivity index (χ1n) is 7.65. The highest BCUT2D eigenvalue weighted by molar-refractivity contribution is 6.12. The smallest absolute Gasteiger partial charge is 0.237 e. The number of halogens is 1. The van der Waals surface area contributed by atoms with Crippen molar-refractivity contribution in [3.8, 4) is 0 Å². The number of aliphatic imine (C=N–C) groups is 1. The summed E-state index contributed by atoms with van der Waals surface area (Å²) in [6.07, 6.45) is 1.55. The van der Waals surface area contributed by atoms with Crippen molar-refractivity contribution in [1.82, 2.24) is 0 Å². The van der Waals surface area contributed by atoms with E-state index in [-0.39, 0.29) is 5.91 Å². The topological polar surface area (TPSA) is 62.7 Å². The molecule has 0 spiro atoms. The first kappa shape index (κ1) is 16.1. The molecular formula is C18H18FN3O2. The molecule has 3 rings (SSSR count). The molecule has 2 aromatic rings. The van der Waals surface area contributed by atoms with E-state index >= 15 is 0 Å². The van der Waals surface area contributed by atoms with Gasteiger partial charge in [0.05, 0.1) is 18.0 Å². The maximum Gasteiger partial charge on any atom is 0.237 e. The van der Waals surface area contributed by atoms with E-state index < -0.39 is 11.7 Å². The van der Waals surface area contributed by atoms with Crippen molar-refractivity contribution in [3.05, 3.63) is 53.8 Å². The molecule has 1 atom stereocenters. The zero-order valence-electron chi connectivity index (χ0n) is 13.3. The van der Waals surface area contributed by atoms with Gasteiger partial charge in [0, 0.05) is 31.6 Å². The molecule has 1 unspecified atom stereocenters. The highest BCUT2D eigenvalue weighted by Gasteiger charge is 2.28. The van der Waals surface area contributed by atoms with Crippen molar-refractivity contribution in [2.45, 2.75) is 5.92 Å². The summed E-state index contributed by atoms with van der Waals surface area (Å²) in [5.74, 6) is -0.973. The quantitative estimate of drug-likeness (QED) is 0.632. The fourth-order valence-corrected chi connectivity index (χ4v) is 2.56. The number of hydrogen-bond donors (Lipinski definition) is 2. The van der Waals surface area contributed by atoms with Gasteiger partial charge in [-0.05, 0) is 23.8 Å². The van der Waals surface area contributed by atoms with Gasteiger partial charge in [-0.2, -0.15) is 0 Å². The molecule has 5 nitrogen and oxygen atoms in total. The van der Waals surface area contributed by atoms with Gasteiger partial charge in [0.15, 0.2) is 0 Å². The maximum absolute atomic E-state index is 14.0. The van der Waals surface area contributed by atoms with Crippen molar-refractivity contribution in [1.29, 1.82) is 0 Å². The SMILES string of the molecule is COCCNc1ccc(N=CC2C(=O)Nc3ccccc32)cc1F. The number of carbonyl (C=O) groups excluding carboxylic acids is 1. The monoisotopic (exact) mass is 327 g/mol. The average molecular weight is 327 g/mol. The van der Waals surface area contributed by atoms with E-state index in [1.807, 2.05) is 24.3 Å². The Balaban J connectivity index is 1.73. The Kier molecular flexibility index (Phi) is 4.86. The van der Waals surface area contributed by atoms with E-state index in [1.165, 1.54) is 6.07 Å². The number of nitrogens with zero attached hydrogens (tertiary/aromatic N) is 1. The standard InChI is InChI=1S/C18H18FN3O2/c1-24-9-8-20-17-7-6-12(10-15(17)19)21-11-14-13-4-2-3-5-16(13)22-18(14)23/h2-7,10-11,14,20H,8-9H2,1H3,(H,22,23). The van der Waals surface area contributed by atoms with Crippen LogP contribution in [-0.2, 0) is 9.53 Å². The van der Waals surface area contributed by atoms with Crippen LogP contribution in [0.25, 0.3) is 0 Å². The molecule has 0 radical (unpaired) electrons. The maximum atomic E-state index is 14.0. The number of anilines is 2. The van der Waals surface area contributed by atoms with E-state index in [0.29, 0.717) is 24.5 Å². The second-order valence-corrected chi connectivity index (χ2v) is 5.42. The number of methoxy groups -OCH3 is 1. The lowest BCUT2D eigenvalue weighted by atomic mass is 10.0. The van der Waals surface area contributed by atoms with Crippen molar-refractivity contribution in [2.24, 2.45) is 4.99 Å². The lowest BCUT2D eigenvalue weighted by molar-refractivity contribution is -0.115. The first-order chi connectivity index (χ1) is 11.7. The third-order valence-electron chi connectivity index (χ3n) is 3.78. The van der Waals surface area contributed by atoms with Crippen LogP contribution < -0.4 is 10.6 Å². The minimum absolute atomic E-state index is 0.127. The minimum atomic E-state index is -0.455. The Morgan fingerprint density at radius 2 is 2.17 bits per heavy atom. The number of ether oxygens (including phenoxy) is 1. The van der Waals surface area contributed by atoms with E-state index in [0.717, 1.165) is 11.3 Å². The third kappa shape index (κ3) is 3.44. The Morgan fingerprint density at radius 3 is 2.96 bits per heavy atom. The Hall–Kier alpha value is -2.73. The van der Waals surface area contributed by atoms with Crippen LogP contribution in [-0.4, -0.2) is 32.4 Å². The first-order valence-corrected chi connectivity index (χ1v) is 7.65. The molecule has 1 heterocycles. The third-order valence-corrected chi connectivity index (χ3v) is 3.78. The number of fused-ring (bicyclic) bond motifs is 1. The van der Waals surface area contributed by atoms with Crippen LogP contribution in [0.4, 0.5) is 21.5 Å². The van der Waals surface area contributed by atoms with Gasteiger partial charge in [-0.3, -0.25) is 9.79 Å².